The van der Waals surface area contributed by atoms with Crippen LogP contribution in [0.15, 0.2) is 29.2 Å². The van der Waals surface area contributed by atoms with Crippen LogP contribution in [0.1, 0.15) is 15.6 Å². The topological polar surface area (TPSA) is 38.9 Å². The van der Waals surface area contributed by atoms with E-state index < -0.39 is 0 Å². The van der Waals surface area contributed by atoms with E-state index in [2.05, 4.69) is 11.9 Å². The van der Waals surface area contributed by atoms with Crippen LogP contribution in [0.3, 0.4) is 0 Å². The third-order valence-corrected chi connectivity index (χ3v) is 5.33. The fourth-order valence-electron chi connectivity index (χ4n) is 1.64. The minimum Gasteiger partial charge on any atom is -0.327 e. The molecule has 0 spiro atoms. The number of halogens is 1. The molecular weight excluding hydrogens is 296 g/mol. The molecule has 2 nitrogen and oxygen atoms in total. The normalized spacial score (nSPS) is 12.6. The maximum Gasteiger partial charge on any atom is 0.0946 e. The Kier molecular flexibility index (Phi) is 5.28. The molecule has 1 heterocycles. The minimum atomic E-state index is 0.130. The quantitative estimate of drug-likeness (QED) is 0.846. The summed E-state index contributed by atoms with van der Waals surface area (Å²) in [6, 6.07) is 7.99. The molecule has 0 aliphatic carbocycles. The number of rotatable bonds is 5. The molecule has 102 valence electrons. The van der Waals surface area contributed by atoms with Crippen molar-refractivity contribution < 1.29 is 0 Å². The Balaban J connectivity index is 1.84. The Morgan fingerprint density at radius 3 is 2.58 bits per heavy atom. The second kappa shape index (κ2) is 6.75. The molecule has 0 fully saturated rings. The third-order valence-electron chi connectivity index (χ3n) is 2.79. The van der Waals surface area contributed by atoms with E-state index in [1.807, 2.05) is 31.2 Å². The molecule has 1 aromatic heterocycles. The summed E-state index contributed by atoms with van der Waals surface area (Å²) in [4.78, 5) is 7.01. The van der Waals surface area contributed by atoms with Gasteiger partial charge in [0, 0.05) is 33.0 Å². The summed E-state index contributed by atoms with van der Waals surface area (Å²) in [6.07, 6.45) is 0.847. The zero-order chi connectivity index (χ0) is 13.8. The highest BCUT2D eigenvalue weighted by Crippen LogP contribution is 2.22. The smallest absolute Gasteiger partial charge is 0.0946 e. The van der Waals surface area contributed by atoms with Crippen molar-refractivity contribution in [2.45, 2.75) is 31.2 Å². The Morgan fingerprint density at radius 2 is 2.00 bits per heavy atom. The molecule has 0 aliphatic heterocycles. The first kappa shape index (κ1) is 14.9. The monoisotopic (exact) mass is 312 g/mol. The highest BCUT2D eigenvalue weighted by atomic mass is 35.5. The first-order chi connectivity index (χ1) is 9.04. The Bertz CT molecular complexity index is 517. The van der Waals surface area contributed by atoms with Crippen molar-refractivity contribution in [3.63, 3.8) is 0 Å². The summed E-state index contributed by atoms with van der Waals surface area (Å²) >= 11 is 9.37. The Hall–Kier alpha value is -0.550. The van der Waals surface area contributed by atoms with Gasteiger partial charge in [-0.05, 0) is 38.1 Å². The fraction of sp³-hybridized carbons (Fsp3) is 0.357. The molecule has 0 bridgehead atoms. The van der Waals surface area contributed by atoms with Crippen LogP contribution in [0.25, 0.3) is 0 Å². The average molecular weight is 313 g/mol. The van der Waals surface area contributed by atoms with Gasteiger partial charge in [0.1, 0.15) is 0 Å². The van der Waals surface area contributed by atoms with Gasteiger partial charge in [0.25, 0.3) is 0 Å². The molecule has 0 aliphatic rings. The van der Waals surface area contributed by atoms with Gasteiger partial charge in [0.2, 0.25) is 0 Å². The van der Waals surface area contributed by atoms with Gasteiger partial charge < -0.3 is 5.73 Å². The third kappa shape index (κ3) is 4.49. The lowest BCUT2D eigenvalue weighted by Crippen LogP contribution is -2.25. The van der Waals surface area contributed by atoms with Crippen molar-refractivity contribution >= 4 is 34.7 Å². The van der Waals surface area contributed by atoms with E-state index in [9.17, 15) is 0 Å². The van der Waals surface area contributed by atoms with Crippen LogP contribution in [-0.2, 0) is 6.42 Å². The zero-order valence-electron chi connectivity index (χ0n) is 11.0. The van der Waals surface area contributed by atoms with E-state index in [0.717, 1.165) is 27.9 Å². The largest absolute Gasteiger partial charge is 0.327 e. The predicted molar refractivity (Wildman–Crippen MR) is 85.4 cm³/mol. The summed E-state index contributed by atoms with van der Waals surface area (Å²) in [5.41, 5.74) is 7.29. The minimum absolute atomic E-state index is 0.130. The number of hydrogen-bond donors (Lipinski definition) is 1. The van der Waals surface area contributed by atoms with Gasteiger partial charge in [0.05, 0.1) is 10.7 Å². The van der Waals surface area contributed by atoms with E-state index in [0.29, 0.717) is 0 Å². The molecule has 1 unspecified atom stereocenters. The van der Waals surface area contributed by atoms with Crippen molar-refractivity contribution in [3.05, 3.63) is 44.9 Å². The van der Waals surface area contributed by atoms with Crippen molar-refractivity contribution in [2.75, 3.05) is 5.75 Å². The summed E-state index contributed by atoms with van der Waals surface area (Å²) in [5, 5.41) is 1.90. The summed E-state index contributed by atoms with van der Waals surface area (Å²) in [5.74, 6) is 0.888. The number of thioether (sulfide) groups is 1. The highest BCUT2D eigenvalue weighted by molar-refractivity contribution is 7.99. The molecule has 2 aromatic rings. The van der Waals surface area contributed by atoms with E-state index in [4.69, 9.17) is 17.3 Å². The molecular formula is C14H17ClN2S2. The van der Waals surface area contributed by atoms with Gasteiger partial charge in [-0.1, -0.05) is 11.6 Å². The van der Waals surface area contributed by atoms with Crippen LogP contribution < -0.4 is 5.73 Å². The number of nitrogens with two attached hydrogens (primary N) is 1. The summed E-state index contributed by atoms with van der Waals surface area (Å²) < 4.78 is 0. The maximum atomic E-state index is 6.16. The summed E-state index contributed by atoms with van der Waals surface area (Å²) in [7, 11) is 0. The Morgan fingerprint density at radius 1 is 1.32 bits per heavy atom. The van der Waals surface area contributed by atoms with Gasteiger partial charge >= 0.3 is 0 Å². The number of benzene rings is 1. The number of thiazole rings is 1. The molecule has 1 aromatic carbocycles. The van der Waals surface area contributed by atoms with Crippen LogP contribution in [-0.4, -0.2) is 16.8 Å². The summed E-state index contributed by atoms with van der Waals surface area (Å²) in [6.45, 7) is 4.15. The van der Waals surface area contributed by atoms with Crippen molar-refractivity contribution in [3.8, 4) is 0 Å². The molecule has 0 saturated heterocycles. The second-order valence-corrected chi connectivity index (χ2v) is 7.30. The predicted octanol–water partition coefficient (Wildman–Crippen LogP) is 4.08. The lowest BCUT2D eigenvalue weighted by molar-refractivity contribution is 0.742. The van der Waals surface area contributed by atoms with Gasteiger partial charge in [-0.25, -0.2) is 4.98 Å². The molecule has 19 heavy (non-hydrogen) atoms. The van der Waals surface area contributed by atoms with Crippen LogP contribution in [0.2, 0.25) is 5.02 Å². The fourth-order valence-corrected chi connectivity index (χ4v) is 3.65. The van der Waals surface area contributed by atoms with E-state index in [1.54, 1.807) is 23.1 Å². The van der Waals surface area contributed by atoms with Gasteiger partial charge in [0.15, 0.2) is 0 Å². The molecule has 0 saturated carbocycles. The molecule has 0 radical (unpaired) electrons. The Labute approximate surface area is 127 Å². The zero-order valence-corrected chi connectivity index (χ0v) is 13.4. The lowest BCUT2D eigenvalue weighted by atomic mass is 10.2. The first-order valence-electron chi connectivity index (χ1n) is 6.11. The van der Waals surface area contributed by atoms with E-state index in [-0.39, 0.29) is 6.04 Å². The number of nitrogens with zero attached hydrogens (tertiary/aromatic N) is 1. The molecule has 2 N–H and O–H groups in total. The highest BCUT2D eigenvalue weighted by Gasteiger charge is 2.09. The van der Waals surface area contributed by atoms with E-state index >= 15 is 0 Å². The second-order valence-electron chi connectivity index (χ2n) is 4.48. The van der Waals surface area contributed by atoms with Gasteiger partial charge in [-0.3, -0.25) is 0 Å². The van der Waals surface area contributed by atoms with Crippen LogP contribution in [0.5, 0.6) is 0 Å². The number of hydrogen-bond acceptors (Lipinski definition) is 4. The molecule has 0 amide bonds. The van der Waals surface area contributed by atoms with Crippen molar-refractivity contribution in [1.82, 2.24) is 4.98 Å². The standard InChI is InChI=1S/C14H17ClN2S2/c1-9-10(2)19-14(17-9)7-12(16)8-18-13-5-3-11(15)4-6-13/h3-6,12H,7-8,16H2,1-2H3. The lowest BCUT2D eigenvalue weighted by Gasteiger charge is -2.09. The van der Waals surface area contributed by atoms with Crippen molar-refractivity contribution in [1.29, 1.82) is 0 Å². The SMILES string of the molecule is Cc1nc(CC(N)CSc2ccc(Cl)cc2)sc1C. The van der Waals surface area contributed by atoms with Crippen LogP contribution in [0.4, 0.5) is 0 Å². The van der Waals surface area contributed by atoms with Gasteiger partial charge in [-0.2, -0.15) is 0 Å². The number of aryl methyl sites for hydroxylation is 2. The average Bonchev–Trinajstić information content (AvgIpc) is 2.67. The van der Waals surface area contributed by atoms with Gasteiger partial charge in [-0.15, -0.1) is 23.1 Å². The number of aromatic nitrogens is 1. The molecule has 5 heteroatoms. The maximum absolute atomic E-state index is 6.16. The molecule has 1 atom stereocenters. The van der Waals surface area contributed by atoms with Crippen molar-refractivity contribution in [2.24, 2.45) is 5.73 Å². The first-order valence-corrected chi connectivity index (χ1v) is 8.29. The van der Waals surface area contributed by atoms with Crippen LogP contribution >= 0.6 is 34.7 Å². The van der Waals surface area contributed by atoms with Crippen LogP contribution in [0, 0.1) is 13.8 Å². The van der Waals surface area contributed by atoms with E-state index in [1.165, 1.54) is 9.77 Å². The molecule has 2 rings (SSSR count).